The van der Waals surface area contributed by atoms with E-state index in [2.05, 4.69) is 6.92 Å². The molecular formula is C18H28O3S. The fraction of sp³-hybridized carbons (Fsp3) is 0.611. The summed E-state index contributed by atoms with van der Waals surface area (Å²) in [5.41, 5.74) is 1.01. The number of aryl methyl sites for hydroxylation is 1. The van der Waals surface area contributed by atoms with Crippen molar-refractivity contribution < 1.29 is 13.2 Å². The Kier molecular flexibility index (Phi) is 8.39. The molecule has 0 unspecified atom stereocenters. The smallest absolute Gasteiger partial charge is 0.185 e. The number of ketones is 1. The molecule has 0 saturated heterocycles. The van der Waals surface area contributed by atoms with Crippen LogP contribution in [0.25, 0.3) is 0 Å². The molecule has 0 N–H and O–H groups in total. The van der Waals surface area contributed by atoms with Gasteiger partial charge in [0.15, 0.2) is 9.84 Å². The first-order valence-electron chi connectivity index (χ1n) is 8.27. The van der Waals surface area contributed by atoms with Gasteiger partial charge in [0, 0.05) is 6.42 Å². The number of carbonyl (C=O) groups excluding carboxylic acids is 1. The first-order chi connectivity index (χ1) is 10.5. The van der Waals surface area contributed by atoms with Gasteiger partial charge in [0.25, 0.3) is 0 Å². The summed E-state index contributed by atoms with van der Waals surface area (Å²) in [6.07, 6.45) is 8.30. The number of unbranched alkanes of at least 4 members (excludes halogenated alkanes) is 6. The van der Waals surface area contributed by atoms with E-state index in [4.69, 9.17) is 0 Å². The topological polar surface area (TPSA) is 51.2 Å². The summed E-state index contributed by atoms with van der Waals surface area (Å²) < 4.78 is 24.3. The lowest BCUT2D eigenvalue weighted by molar-refractivity contribution is -0.116. The van der Waals surface area contributed by atoms with Crippen LogP contribution >= 0.6 is 0 Å². The summed E-state index contributed by atoms with van der Waals surface area (Å²) in [6, 6.07) is 6.67. The van der Waals surface area contributed by atoms with Crippen LogP contribution in [0.1, 0.15) is 63.9 Å². The minimum absolute atomic E-state index is 0.172. The quantitative estimate of drug-likeness (QED) is 0.564. The highest BCUT2D eigenvalue weighted by atomic mass is 32.2. The monoisotopic (exact) mass is 324 g/mol. The van der Waals surface area contributed by atoms with Crippen LogP contribution in [0.3, 0.4) is 0 Å². The molecule has 0 radical (unpaired) electrons. The number of Topliss-reactive ketones (excluding diaryl/α,β-unsaturated/α-hetero) is 1. The van der Waals surface area contributed by atoms with Gasteiger partial charge in [0.2, 0.25) is 0 Å². The van der Waals surface area contributed by atoms with Gasteiger partial charge >= 0.3 is 0 Å². The fourth-order valence-electron chi connectivity index (χ4n) is 2.39. The zero-order valence-corrected chi connectivity index (χ0v) is 14.6. The Bertz CT molecular complexity index is 544. The molecule has 0 amide bonds. The highest BCUT2D eigenvalue weighted by Gasteiger charge is 2.18. The molecule has 0 aliphatic heterocycles. The number of rotatable bonds is 11. The molecule has 0 aliphatic carbocycles. The zero-order valence-electron chi connectivity index (χ0n) is 13.8. The third-order valence-electron chi connectivity index (χ3n) is 3.79. The molecular weight excluding hydrogens is 296 g/mol. The van der Waals surface area contributed by atoms with Crippen LogP contribution in [0.15, 0.2) is 29.2 Å². The van der Waals surface area contributed by atoms with Crippen molar-refractivity contribution in [2.45, 2.75) is 70.1 Å². The molecule has 22 heavy (non-hydrogen) atoms. The molecule has 4 heteroatoms. The lowest BCUT2D eigenvalue weighted by atomic mass is 10.1. The Balaban J connectivity index is 2.30. The third kappa shape index (κ3) is 7.21. The third-order valence-corrected chi connectivity index (χ3v) is 5.48. The Morgan fingerprint density at radius 2 is 1.45 bits per heavy atom. The van der Waals surface area contributed by atoms with E-state index in [-0.39, 0.29) is 16.4 Å². The van der Waals surface area contributed by atoms with Crippen molar-refractivity contribution in [1.29, 1.82) is 0 Å². The first-order valence-corrected chi connectivity index (χ1v) is 9.92. The number of hydrogen-bond donors (Lipinski definition) is 0. The van der Waals surface area contributed by atoms with Gasteiger partial charge in [-0.05, 0) is 25.5 Å². The van der Waals surface area contributed by atoms with Gasteiger partial charge in [-0.25, -0.2) is 8.42 Å². The minimum atomic E-state index is -3.48. The molecule has 0 spiro atoms. The van der Waals surface area contributed by atoms with Crippen LogP contribution < -0.4 is 0 Å². The van der Waals surface area contributed by atoms with Crippen molar-refractivity contribution in [2.75, 3.05) is 5.75 Å². The van der Waals surface area contributed by atoms with Crippen LogP contribution in [-0.4, -0.2) is 20.0 Å². The molecule has 0 bridgehead atoms. The van der Waals surface area contributed by atoms with Crippen molar-refractivity contribution in [3.05, 3.63) is 29.8 Å². The van der Waals surface area contributed by atoms with E-state index < -0.39 is 9.84 Å². The van der Waals surface area contributed by atoms with Gasteiger partial charge in [-0.3, -0.25) is 4.79 Å². The molecule has 0 saturated carbocycles. The normalized spacial score (nSPS) is 11.5. The second-order valence-corrected chi connectivity index (χ2v) is 7.97. The van der Waals surface area contributed by atoms with Crippen LogP contribution in [0.4, 0.5) is 0 Å². The molecule has 124 valence electrons. The van der Waals surface area contributed by atoms with Crippen molar-refractivity contribution in [3.63, 3.8) is 0 Å². The molecule has 0 heterocycles. The Morgan fingerprint density at radius 3 is 2.05 bits per heavy atom. The van der Waals surface area contributed by atoms with Gasteiger partial charge < -0.3 is 0 Å². The van der Waals surface area contributed by atoms with Crippen molar-refractivity contribution in [3.8, 4) is 0 Å². The van der Waals surface area contributed by atoms with E-state index in [0.29, 0.717) is 6.42 Å². The second kappa shape index (κ2) is 9.78. The molecule has 1 aromatic carbocycles. The largest absolute Gasteiger partial charge is 0.299 e. The van der Waals surface area contributed by atoms with Crippen molar-refractivity contribution in [1.82, 2.24) is 0 Å². The lowest BCUT2D eigenvalue weighted by Crippen LogP contribution is -2.16. The SMILES string of the molecule is CCCCCCCCCC(=O)CS(=O)(=O)c1ccc(C)cc1. The van der Waals surface area contributed by atoms with E-state index in [1.54, 1.807) is 24.3 Å². The standard InChI is InChI=1S/C18H28O3S/c1-3-4-5-6-7-8-9-10-17(19)15-22(20,21)18-13-11-16(2)12-14-18/h11-14H,3-10,15H2,1-2H3. The van der Waals surface area contributed by atoms with Gasteiger partial charge in [0.05, 0.1) is 4.90 Å². The lowest BCUT2D eigenvalue weighted by Gasteiger charge is -2.05. The predicted octanol–water partition coefficient (Wildman–Crippen LogP) is 4.48. The van der Waals surface area contributed by atoms with Gasteiger partial charge in [-0.15, -0.1) is 0 Å². The van der Waals surface area contributed by atoms with Crippen LogP contribution in [0.2, 0.25) is 0 Å². The summed E-state index contributed by atoms with van der Waals surface area (Å²) in [6.45, 7) is 4.09. The highest BCUT2D eigenvalue weighted by Crippen LogP contribution is 2.14. The summed E-state index contributed by atoms with van der Waals surface area (Å²) in [7, 11) is -3.48. The zero-order chi connectivity index (χ0) is 16.4. The van der Waals surface area contributed by atoms with Crippen LogP contribution in [0, 0.1) is 6.92 Å². The number of carbonyl (C=O) groups is 1. The molecule has 3 nitrogen and oxygen atoms in total. The van der Waals surface area contributed by atoms with E-state index in [9.17, 15) is 13.2 Å². The van der Waals surface area contributed by atoms with E-state index in [1.165, 1.54) is 25.7 Å². The van der Waals surface area contributed by atoms with E-state index in [1.807, 2.05) is 6.92 Å². The maximum atomic E-state index is 12.1. The average molecular weight is 324 g/mol. The highest BCUT2D eigenvalue weighted by molar-refractivity contribution is 7.92. The predicted molar refractivity (Wildman–Crippen MR) is 90.8 cm³/mol. The first kappa shape index (κ1) is 18.9. The van der Waals surface area contributed by atoms with E-state index >= 15 is 0 Å². The molecule has 1 rings (SSSR count). The molecule has 0 fully saturated rings. The number of sulfone groups is 1. The summed E-state index contributed by atoms with van der Waals surface area (Å²) in [4.78, 5) is 12.1. The summed E-state index contributed by atoms with van der Waals surface area (Å²) in [5, 5.41) is 0. The van der Waals surface area contributed by atoms with Crippen molar-refractivity contribution in [2.24, 2.45) is 0 Å². The fourth-order valence-corrected chi connectivity index (χ4v) is 3.68. The Hall–Kier alpha value is -1.16. The maximum Gasteiger partial charge on any atom is 0.185 e. The molecule has 0 aliphatic rings. The van der Waals surface area contributed by atoms with Crippen LogP contribution in [0.5, 0.6) is 0 Å². The summed E-state index contributed by atoms with van der Waals surface area (Å²) >= 11 is 0. The number of benzene rings is 1. The van der Waals surface area contributed by atoms with E-state index in [0.717, 1.165) is 24.8 Å². The second-order valence-electron chi connectivity index (χ2n) is 5.98. The minimum Gasteiger partial charge on any atom is -0.299 e. The Labute approximate surface area is 135 Å². The summed E-state index contributed by atoms with van der Waals surface area (Å²) in [5.74, 6) is -0.541. The molecule has 1 aromatic rings. The van der Waals surface area contributed by atoms with Gasteiger partial charge in [0.1, 0.15) is 11.5 Å². The van der Waals surface area contributed by atoms with Crippen molar-refractivity contribution >= 4 is 15.6 Å². The average Bonchev–Trinajstić information content (AvgIpc) is 2.46. The molecule has 0 aromatic heterocycles. The Morgan fingerprint density at radius 1 is 0.909 bits per heavy atom. The molecule has 0 atom stereocenters. The van der Waals surface area contributed by atoms with Gasteiger partial charge in [-0.2, -0.15) is 0 Å². The van der Waals surface area contributed by atoms with Gasteiger partial charge in [-0.1, -0.05) is 63.1 Å². The van der Waals surface area contributed by atoms with Crippen LogP contribution in [-0.2, 0) is 14.6 Å². The maximum absolute atomic E-state index is 12.1. The number of hydrogen-bond acceptors (Lipinski definition) is 3.